The zero-order valence-corrected chi connectivity index (χ0v) is 20.3. The normalized spacial score (nSPS) is 28.8. The molecule has 0 aliphatic heterocycles. The van der Waals surface area contributed by atoms with E-state index in [0.717, 1.165) is 35.5 Å². The Morgan fingerprint density at radius 1 is 0.885 bits per heavy atom. The van der Waals surface area contributed by atoms with E-state index < -0.39 is 0 Å². The molecule has 6 unspecified atom stereocenters. The molecule has 0 aromatic carbocycles. The molecular formula is C26H54. The van der Waals surface area contributed by atoms with Crippen LogP contribution in [-0.4, -0.2) is 0 Å². The van der Waals surface area contributed by atoms with Crippen LogP contribution >= 0.6 is 0 Å². The highest BCUT2D eigenvalue weighted by Gasteiger charge is 2.44. The maximum Gasteiger partial charge on any atom is -0.0323 e. The van der Waals surface area contributed by atoms with E-state index in [1.165, 1.54) is 57.8 Å². The van der Waals surface area contributed by atoms with Gasteiger partial charge in [0.05, 0.1) is 0 Å². The molecule has 0 amide bonds. The summed E-state index contributed by atoms with van der Waals surface area (Å²) in [5.41, 5.74) is 0.525. The second kappa shape index (κ2) is 13.2. The van der Waals surface area contributed by atoms with Crippen LogP contribution in [-0.2, 0) is 0 Å². The average Bonchev–Trinajstić information content (AvgIpc) is 2.66. The molecule has 6 atom stereocenters. The van der Waals surface area contributed by atoms with Crippen LogP contribution in [0.1, 0.15) is 127 Å². The van der Waals surface area contributed by atoms with Gasteiger partial charge in [-0.15, -0.1) is 0 Å². The van der Waals surface area contributed by atoms with Gasteiger partial charge in [0.2, 0.25) is 0 Å². The van der Waals surface area contributed by atoms with Gasteiger partial charge in [-0.3, -0.25) is 0 Å². The van der Waals surface area contributed by atoms with Gasteiger partial charge >= 0.3 is 0 Å². The molecule has 1 aliphatic rings. The van der Waals surface area contributed by atoms with Gasteiger partial charge in [0.25, 0.3) is 0 Å². The zero-order valence-electron chi connectivity index (χ0n) is 20.3. The SMILES string of the molecule is CC.CCCC1C(CC)C(C(C)CC)CCC1C(C)(C)CCC(C)CC. The summed E-state index contributed by atoms with van der Waals surface area (Å²) in [4.78, 5) is 0. The highest BCUT2D eigenvalue weighted by atomic mass is 14.5. The van der Waals surface area contributed by atoms with Crippen molar-refractivity contribution >= 4 is 0 Å². The highest BCUT2D eigenvalue weighted by molar-refractivity contribution is 4.94. The Balaban J connectivity index is 0.00000301. The number of rotatable bonds is 10. The molecule has 0 spiro atoms. The third-order valence-corrected chi connectivity index (χ3v) is 7.88. The molecule has 0 heteroatoms. The first-order valence-electron chi connectivity index (χ1n) is 12.3. The second-order valence-corrected chi connectivity index (χ2v) is 9.80. The molecule has 1 rings (SSSR count). The van der Waals surface area contributed by atoms with Crippen molar-refractivity contribution in [3.05, 3.63) is 0 Å². The summed E-state index contributed by atoms with van der Waals surface area (Å²) in [7, 11) is 0. The van der Waals surface area contributed by atoms with Crippen LogP contribution in [0.5, 0.6) is 0 Å². The lowest BCUT2D eigenvalue weighted by atomic mass is 9.54. The van der Waals surface area contributed by atoms with E-state index in [2.05, 4.69) is 55.4 Å². The standard InChI is InChI=1S/C24H48.C2H6/c1-9-13-22-20(12-4)21(19(6)11-3)14-15-23(22)24(7,8)17-16-18(5)10-2;1-2/h18-23H,9-17H2,1-8H3;1-2H3. The van der Waals surface area contributed by atoms with Crippen LogP contribution in [0.3, 0.4) is 0 Å². The summed E-state index contributed by atoms with van der Waals surface area (Å²) in [6.45, 7) is 23.8. The summed E-state index contributed by atoms with van der Waals surface area (Å²) >= 11 is 0. The predicted molar refractivity (Wildman–Crippen MR) is 122 cm³/mol. The van der Waals surface area contributed by atoms with Crippen molar-refractivity contribution in [3.63, 3.8) is 0 Å². The Morgan fingerprint density at radius 2 is 1.50 bits per heavy atom. The maximum atomic E-state index is 2.60. The van der Waals surface area contributed by atoms with Crippen molar-refractivity contribution in [2.75, 3.05) is 0 Å². The summed E-state index contributed by atoms with van der Waals surface area (Å²) < 4.78 is 0. The van der Waals surface area contributed by atoms with Crippen LogP contribution in [0.4, 0.5) is 0 Å². The van der Waals surface area contributed by atoms with Gasteiger partial charge in [-0.2, -0.15) is 0 Å². The second-order valence-electron chi connectivity index (χ2n) is 9.80. The molecule has 0 radical (unpaired) electrons. The molecule has 0 heterocycles. The fourth-order valence-electron chi connectivity index (χ4n) is 5.76. The zero-order chi connectivity index (χ0) is 20.3. The van der Waals surface area contributed by atoms with Crippen molar-refractivity contribution in [3.8, 4) is 0 Å². The first-order valence-corrected chi connectivity index (χ1v) is 12.3. The van der Waals surface area contributed by atoms with Gasteiger partial charge in [0.15, 0.2) is 0 Å². The van der Waals surface area contributed by atoms with E-state index in [9.17, 15) is 0 Å². The number of hydrogen-bond acceptors (Lipinski definition) is 0. The Bertz CT molecular complexity index is 329. The molecule has 0 nitrogen and oxygen atoms in total. The minimum Gasteiger partial charge on any atom is -0.0683 e. The predicted octanol–water partition coefficient (Wildman–Crippen LogP) is 9.38. The summed E-state index contributed by atoms with van der Waals surface area (Å²) in [6, 6.07) is 0. The minimum atomic E-state index is 0.525. The lowest BCUT2D eigenvalue weighted by Crippen LogP contribution is -2.43. The Morgan fingerprint density at radius 3 is 1.96 bits per heavy atom. The van der Waals surface area contributed by atoms with Crippen molar-refractivity contribution in [1.82, 2.24) is 0 Å². The van der Waals surface area contributed by atoms with E-state index in [0.29, 0.717) is 5.41 Å². The first-order chi connectivity index (χ1) is 12.3. The van der Waals surface area contributed by atoms with E-state index in [1.807, 2.05) is 13.8 Å². The minimum absolute atomic E-state index is 0.525. The summed E-state index contributed by atoms with van der Waals surface area (Å²) in [6.07, 6.45) is 12.8. The van der Waals surface area contributed by atoms with Crippen molar-refractivity contribution < 1.29 is 0 Å². The average molecular weight is 367 g/mol. The fraction of sp³-hybridized carbons (Fsp3) is 1.00. The van der Waals surface area contributed by atoms with Gasteiger partial charge in [-0.25, -0.2) is 0 Å². The van der Waals surface area contributed by atoms with E-state index in [1.54, 1.807) is 0 Å². The molecular weight excluding hydrogens is 312 g/mol. The van der Waals surface area contributed by atoms with Gasteiger partial charge in [-0.1, -0.05) is 108 Å². The van der Waals surface area contributed by atoms with Crippen molar-refractivity contribution in [2.45, 2.75) is 127 Å². The van der Waals surface area contributed by atoms with Gasteiger partial charge in [0.1, 0.15) is 0 Å². The van der Waals surface area contributed by atoms with Crippen LogP contribution in [0.25, 0.3) is 0 Å². The Labute approximate surface area is 168 Å². The topological polar surface area (TPSA) is 0 Å². The van der Waals surface area contributed by atoms with Crippen LogP contribution in [0, 0.1) is 40.9 Å². The summed E-state index contributed by atoms with van der Waals surface area (Å²) in [5, 5.41) is 0. The highest BCUT2D eigenvalue weighted by Crippen LogP contribution is 2.53. The van der Waals surface area contributed by atoms with Crippen LogP contribution < -0.4 is 0 Å². The first kappa shape index (κ1) is 26.0. The van der Waals surface area contributed by atoms with Crippen LogP contribution in [0.2, 0.25) is 0 Å². The molecule has 0 bridgehead atoms. The van der Waals surface area contributed by atoms with Crippen LogP contribution in [0.15, 0.2) is 0 Å². The molecule has 158 valence electrons. The maximum absolute atomic E-state index is 2.60. The third kappa shape index (κ3) is 7.20. The van der Waals surface area contributed by atoms with Gasteiger partial charge in [-0.05, 0) is 60.2 Å². The molecule has 26 heavy (non-hydrogen) atoms. The Hall–Kier alpha value is 0. The monoisotopic (exact) mass is 366 g/mol. The molecule has 0 aromatic rings. The molecule has 1 saturated carbocycles. The molecule has 1 aliphatic carbocycles. The van der Waals surface area contributed by atoms with E-state index in [-0.39, 0.29) is 0 Å². The van der Waals surface area contributed by atoms with Crippen molar-refractivity contribution in [1.29, 1.82) is 0 Å². The quantitative estimate of drug-likeness (QED) is 0.361. The third-order valence-electron chi connectivity index (χ3n) is 7.88. The lowest BCUT2D eigenvalue weighted by Gasteiger charge is -2.51. The summed E-state index contributed by atoms with van der Waals surface area (Å²) in [5.74, 6) is 5.69. The largest absolute Gasteiger partial charge is 0.0683 e. The fourth-order valence-corrected chi connectivity index (χ4v) is 5.76. The Kier molecular flexibility index (Phi) is 13.2. The van der Waals surface area contributed by atoms with Crippen molar-refractivity contribution in [2.24, 2.45) is 40.9 Å². The lowest BCUT2D eigenvalue weighted by molar-refractivity contribution is -0.0158. The molecule has 0 saturated heterocycles. The van der Waals surface area contributed by atoms with E-state index in [4.69, 9.17) is 0 Å². The molecule has 0 aromatic heterocycles. The smallest absolute Gasteiger partial charge is 0.0323 e. The number of hydrogen-bond donors (Lipinski definition) is 0. The van der Waals surface area contributed by atoms with Gasteiger partial charge < -0.3 is 0 Å². The van der Waals surface area contributed by atoms with E-state index >= 15 is 0 Å². The molecule has 0 N–H and O–H groups in total. The van der Waals surface area contributed by atoms with Gasteiger partial charge in [0, 0.05) is 0 Å². The molecule has 1 fully saturated rings.